The van der Waals surface area contributed by atoms with E-state index < -0.39 is 0 Å². The number of ether oxygens (including phenoxy) is 2. The van der Waals surface area contributed by atoms with Crippen molar-refractivity contribution < 1.29 is 43.1 Å². The van der Waals surface area contributed by atoms with Crippen molar-refractivity contribution in [1.29, 1.82) is 0 Å². The molecule has 0 amide bonds. The zero-order valence-corrected chi connectivity index (χ0v) is 14.4. The van der Waals surface area contributed by atoms with Crippen LogP contribution < -0.4 is 38.0 Å². The Kier molecular flexibility index (Phi) is 6.48. The standard InChI is InChI=1S/C16H17NO3.HI/c1-17-8-6-12(7-9-17)4-5-13-10-14(19-2)16(18)15(11-13)20-3;/h4-11H,1-3H3;1H. The van der Waals surface area contributed by atoms with Crippen LogP contribution in [0.3, 0.4) is 0 Å². The molecule has 0 aliphatic heterocycles. The van der Waals surface area contributed by atoms with Crippen LogP contribution in [-0.4, -0.2) is 19.3 Å². The van der Waals surface area contributed by atoms with Gasteiger partial charge in [0.2, 0.25) is 5.75 Å². The van der Waals surface area contributed by atoms with Crippen LogP contribution in [0.2, 0.25) is 0 Å². The number of nitrogens with zero attached hydrogens (tertiary/aromatic N) is 1. The molecule has 0 fully saturated rings. The molecule has 0 saturated carbocycles. The van der Waals surface area contributed by atoms with Gasteiger partial charge < -0.3 is 38.6 Å². The predicted octanol–water partition coefficient (Wildman–Crippen LogP) is -0.592. The molecule has 0 bridgehead atoms. The first-order valence-corrected chi connectivity index (χ1v) is 6.22. The minimum Gasteiger partial charge on any atom is -1.00 e. The maximum absolute atomic E-state index is 9.85. The monoisotopic (exact) mass is 399 g/mol. The average molecular weight is 399 g/mol. The number of aromatic nitrogens is 1. The fourth-order valence-electron chi connectivity index (χ4n) is 1.83. The maximum atomic E-state index is 9.85. The molecular weight excluding hydrogens is 381 g/mol. The normalized spacial score (nSPS) is 10.2. The van der Waals surface area contributed by atoms with Gasteiger partial charge in [-0.15, -0.1) is 0 Å². The van der Waals surface area contributed by atoms with Crippen molar-refractivity contribution in [2.45, 2.75) is 0 Å². The van der Waals surface area contributed by atoms with Crippen molar-refractivity contribution in [3.05, 3.63) is 47.8 Å². The van der Waals surface area contributed by atoms with E-state index in [1.807, 2.05) is 48.3 Å². The third kappa shape index (κ3) is 4.35. The Labute approximate surface area is 141 Å². The molecule has 1 aromatic heterocycles. The zero-order valence-electron chi connectivity index (χ0n) is 12.2. The Morgan fingerprint density at radius 3 is 1.90 bits per heavy atom. The molecule has 0 saturated heterocycles. The largest absolute Gasteiger partial charge is 1.00 e. The minimum absolute atomic E-state index is 0. The Morgan fingerprint density at radius 1 is 0.952 bits per heavy atom. The van der Waals surface area contributed by atoms with Gasteiger partial charge in [-0.1, -0.05) is 12.2 Å². The van der Waals surface area contributed by atoms with E-state index in [0.717, 1.165) is 11.1 Å². The lowest BCUT2D eigenvalue weighted by Crippen LogP contribution is -3.00. The number of halogens is 1. The first kappa shape index (κ1) is 17.3. The lowest BCUT2D eigenvalue weighted by Gasteiger charge is -2.09. The van der Waals surface area contributed by atoms with E-state index in [9.17, 15) is 5.11 Å². The predicted molar refractivity (Wildman–Crippen MR) is 77.8 cm³/mol. The van der Waals surface area contributed by atoms with E-state index in [1.54, 1.807) is 12.1 Å². The van der Waals surface area contributed by atoms with Gasteiger partial charge in [-0.05, 0) is 23.3 Å². The zero-order chi connectivity index (χ0) is 14.5. The number of phenolic OH excluding ortho intramolecular Hbond substituents is 1. The summed E-state index contributed by atoms with van der Waals surface area (Å²) in [6.07, 6.45) is 7.90. The smallest absolute Gasteiger partial charge is 0.200 e. The summed E-state index contributed by atoms with van der Waals surface area (Å²) >= 11 is 0. The highest BCUT2D eigenvalue weighted by atomic mass is 127. The Bertz CT molecular complexity index is 599. The van der Waals surface area contributed by atoms with Crippen molar-refractivity contribution in [1.82, 2.24) is 0 Å². The van der Waals surface area contributed by atoms with E-state index in [4.69, 9.17) is 9.47 Å². The Hall–Kier alpha value is -1.76. The van der Waals surface area contributed by atoms with E-state index in [0.29, 0.717) is 11.5 Å². The number of benzene rings is 1. The van der Waals surface area contributed by atoms with Crippen LogP contribution in [0.4, 0.5) is 0 Å². The Morgan fingerprint density at radius 2 is 1.43 bits per heavy atom. The molecule has 0 spiro atoms. The summed E-state index contributed by atoms with van der Waals surface area (Å²) in [7, 11) is 5.00. The molecule has 0 aliphatic rings. The topological polar surface area (TPSA) is 42.6 Å². The van der Waals surface area contributed by atoms with Crippen LogP contribution in [0.5, 0.6) is 17.2 Å². The highest BCUT2D eigenvalue weighted by Gasteiger charge is 2.09. The van der Waals surface area contributed by atoms with Crippen LogP contribution in [0.15, 0.2) is 36.7 Å². The van der Waals surface area contributed by atoms with Gasteiger partial charge >= 0.3 is 0 Å². The summed E-state index contributed by atoms with van der Waals surface area (Å²) in [6.45, 7) is 0. The van der Waals surface area contributed by atoms with E-state index >= 15 is 0 Å². The quantitative estimate of drug-likeness (QED) is 0.552. The fourth-order valence-corrected chi connectivity index (χ4v) is 1.83. The second kappa shape index (κ2) is 7.87. The van der Waals surface area contributed by atoms with Gasteiger partial charge in [0.05, 0.1) is 14.2 Å². The Balaban J connectivity index is 0.00000220. The van der Waals surface area contributed by atoms with Crippen LogP contribution in [0.25, 0.3) is 12.2 Å². The van der Waals surface area contributed by atoms with Crippen LogP contribution in [0, 0.1) is 0 Å². The average Bonchev–Trinajstić information content (AvgIpc) is 2.47. The number of aryl methyl sites for hydroxylation is 1. The molecule has 21 heavy (non-hydrogen) atoms. The molecule has 2 aromatic rings. The maximum Gasteiger partial charge on any atom is 0.200 e. The lowest BCUT2D eigenvalue weighted by molar-refractivity contribution is -0.671. The third-order valence-electron chi connectivity index (χ3n) is 2.97. The number of aromatic hydroxyl groups is 1. The van der Waals surface area contributed by atoms with Gasteiger partial charge in [0, 0.05) is 12.1 Å². The number of hydrogen-bond donors (Lipinski definition) is 1. The summed E-state index contributed by atoms with van der Waals surface area (Å²) in [5.74, 6) is 0.797. The van der Waals surface area contributed by atoms with Gasteiger partial charge in [0.15, 0.2) is 23.9 Å². The lowest BCUT2D eigenvalue weighted by atomic mass is 10.1. The molecule has 2 rings (SSSR count). The molecule has 1 aromatic carbocycles. The third-order valence-corrected chi connectivity index (χ3v) is 2.97. The molecule has 1 heterocycles. The van der Waals surface area contributed by atoms with Crippen molar-refractivity contribution in [2.75, 3.05) is 14.2 Å². The SMILES string of the molecule is COc1cc(C=Cc2cc[n+](C)cc2)cc(OC)c1O.[I-]. The molecule has 0 radical (unpaired) electrons. The van der Waals surface area contributed by atoms with Crippen LogP contribution in [0.1, 0.15) is 11.1 Å². The van der Waals surface area contributed by atoms with Crippen molar-refractivity contribution >= 4 is 12.2 Å². The number of rotatable bonds is 4. The molecular formula is C16H18INO3. The second-order valence-electron chi connectivity index (χ2n) is 4.40. The van der Waals surface area contributed by atoms with Gasteiger partial charge in [-0.3, -0.25) is 0 Å². The van der Waals surface area contributed by atoms with Gasteiger partial charge in [0.25, 0.3) is 0 Å². The van der Waals surface area contributed by atoms with Crippen molar-refractivity contribution in [3.63, 3.8) is 0 Å². The van der Waals surface area contributed by atoms with Gasteiger partial charge in [0.1, 0.15) is 7.05 Å². The molecule has 4 nitrogen and oxygen atoms in total. The van der Waals surface area contributed by atoms with E-state index in [1.165, 1.54) is 14.2 Å². The number of phenols is 1. The van der Waals surface area contributed by atoms with Crippen LogP contribution in [-0.2, 0) is 7.05 Å². The molecule has 0 atom stereocenters. The molecule has 0 aliphatic carbocycles. The fraction of sp³-hybridized carbons (Fsp3) is 0.188. The number of pyridine rings is 1. The van der Waals surface area contributed by atoms with Gasteiger partial charge in [-0.2, -0.15) is 0 Å². The first-order chi connectivity index (χ1) is 9.63. The second-order valence-corrected chi connectivity index (χ2v) is 4.40. The summed E-state index contributed by atoms with van der Waals surface area (Å²) in [4.78, 5) is 0. The molecule has 5 heteroatoms. The summed E-state index contributed by atoms with van der Waals surface area (Å²) < 4.78 is 12.2. The van der Waals surface area contributed by atoms with Gasteiger partial charge in [-0.25, -0.2) is 4.57 Å². The molecule has 0 unspecified atom stereocenters. The number of methoxy groups -OCH3 is 2. The van der Waals surface area contributed by atoms with Crippen molar-refractivity contribution in [3.8, 4) is 17.2 Å². The van der Waals surface area contributed by atoms with E-state index in [-0.39, 0.29) is 29.7 Å². The summed E-state index contributed by atoms with van der Waals surface area (Å²) in [5.41, 5.74) is 1.99. The van der Waals surface area contributed by atoms with Crippen LogP contribution >= 0.6 is 0 Å². The van der Waals surface area contributed by atoms with Crippen molar-refractivity contribution in [2.24, 2.45) is 7.05 Å². The minimum atomic E-state index is 0. The molecule has 1 N–H and O–H groups in total. The number of hydrogen-bond acceptors (Lipinski definition) is 3. The summed E-state index contributed by atoms with van der Waals surface area (Å²) in [6, 6.07) is 7.56. The highest BCUT2D eigenvalue weighted by molar-refractivity contribution is 5.72. The van der Waals surface area contributed by atoms with E-state index in [2.05, 4.69) is 0 Å². The molecule has 112 valence electrons. The summed E-state index contributed by atoms with van der Waals surface area (Å²) in [5, 5.41) is 9.85. The highest BCUT2D eigenvalue weighted by Crippen LogP contribution is 2.37. The first-order valence-electron chi connectivity index (χ1n) is 6.22.